The highest BCUT2D eigenvalue weighted by Crippen LogP contribution is 2.31. The number of furan rings is 1. The van der Waals surface area contributed by atoms with E-state index in [2.05, 4.69) is 22.9 Å². The van der Waals surface area contributed by atoms with Crippen molar-refractivity contribution in [1.82, 2.24) is 9.55 Å². The third kappa shape index (κ3) is 3.88. The number of para-hydroxylation sites is 1. The molecule has 0 saturated carbocycles. The zero-order valence-corrected chi connectivity index (χ0v) is 18.5. The van der Waals surface area contributed by atoms with Crippen LogP contribution in [0.5, 0.6) is 5.75 Å². The highest BCUT2D eigenvalue weighted by molar-refractivity contribution is 6.05. The third-order valence-electron chi connectivity index (χ3n) is 5.79. The van der Waals surface area contributed by atoms with Crippen molar-refractivity contribution in [1.29, 1.82) is 0 Å². The van der Waals surface area contributed by atoms with Gasteiger partial charge in [0.15, 0.2) is 0 Å². The molecule has 170 valence electrons. The number of fused-ring (bicyclic) bond motifs is 3. The second-order valence-electron chi connectivity index (χ2n) is 8.22. The first kappa shape index (κ1) is 21.3. The van der Waals surface area contributed by atoms with Crippen molar-refractivity contribution >= 4 is 27.6 Å². The predicted octanol–water partition coefficient (Wildman–Crippen LogP) is 5.76. The Labute approximate surface area is 195 Å². The molecule has 1 atom stereocenters. The second-order valence-corrected chi connectivity index (χ2v) is 8.22. The Bertz CT molecular complexity index is 1580. The van der Waals surface area contributed by atoms with Crippen LogP contribution in [0.3, 0.4) is 0 Å². The van der Waals surface area contributed by atoms with Crippen molar-refractivity contribution in [3.63, 3.8) is 0 Å². The fourth-order valence-corrected chi connectivity index (χ4v) is 4.09. The molecule has 0 fully saturated rings. The van der Waals surface area contributed by atoms with Crippen LogP contribution in [-0.4, -0.2) is 19.8 Å². The Morgan fingerprint density at radius 2 is 1.82 bits per heavy atom. The molecule has 0 unspecified atom stereocenters. The van der Waals surface area contributed by atoms with Gasteiger partial charge in [-0.2, -0.15) is 0 Å². The average Bonchev–Trinajstić information content (AvgIpc) is 3.20. The van der Waals surface area contributed by atoms with Gasteiger partial charge >= 0.3 is 0 Å². The van der Waals surface area contributed by atoms with Crippen molar-refractivity contribution in [3.8, 4) is 17.1 Å². The minimum Gasteiger partial charge on any atom is -0.511 e. The molecule has 2 aromatic heterocycles. The number of hydrogen-bond acceptors (Lipinski definition) is 6. The molecular formula is C27H23N3O4. The van der Waals surface area contributed by atoms with E-state index >= 15 is 0 Å². The van der Waals surface area contributed by atoms with Gasteiger partial charge in [0.2, 0.25) is 0 Å². The Morgan fingerprint density at radius 1 is 1.09 bits per heavy atom. The van der Waals surface area contributed by atoms with E-state index in [1.54, 1.807) is 12.1 Å². The minimum atomic E-state index is -0.338. The number of aliphatic hydroxyl groups is 1. The molecule has 3 aromatic carbocycles. The van der Waals surface area contributed by atoms with Gasteiger partial charge in [-0.3, -0.25) is 9.36 Å². The summed E-state index contributed by atoms with van der Waals surface area (Å²) in [7, 11) is 0. The molecule has 0 radical (unpaired) electrons. The molecule has 0 aliphatic heterocycles. The summed E-state index contributed by atoms with van der Waals surface area (Å²) in [5.74, 6) is 0.315. The summed E-state index contributed by atoms with van der Waals surface area (Å²) in [6, 6.07) is 20.0. The number of anilines is 1. The SMILES string of the molecule is C=C(O)Cn1c(-c2ccc(O)cc2)ncc(N[C@H](C)c2ccc3oc4ccccc4c3c2)c1=O. The number of allylic oxidation sites excluding steroid dienone is 1. The van der Waals surface area contributed by atoms with Crippen LogP contribution in [0.4, 0.5) is 5.69 Å². The number of aromatic hydroxyl groups is 1. The van der Waals surface area contributed by atoms with E-state index in [1.165, 1.54) is 22.9 Å². The summed E-state index contributed by atoms with van der Waals surface area (Å²) < 4.78 is 7.27. The predicted molar refractivity (Wildman–Crippen MR) is 133 cm³/mol. The lowest BCUT2D eigenvalue weighted by atomic mass is 10.0. The van der Waals surface area contributed by atoms with Crippen LogP contribution in [0.25, 0.3) is 33.3 Å². The number of nitrogens with zero attached hydrogens (tertiary/aromatic N) is 2. The van der Waals surface area contributed by atoms with Crippen molar-refractivity contribution in [3.05, 3.63) is 101 Å². The van der Waals surface area contributed by atoms with Crippen LogP contribution in [-0.2, 0) is 6.54 Å². The average molecular weight is 453 g/mol. The van der Waals surface area contributed by atoms with E-state index in [9.17, 15) is 15.0 Å². The molecule has 0 spiro atoms. The van der Waals surface area contributed by atoms with E-state index in [0.717, 1.165) is 27.5 Å². The summed E-state index contributed by atoms with van der Waals surface area (Å²) in [6.07, 6.45) is 1.49. The van der Waals surface area contributed by atoms with Crippen LogP contribution in [0, 0.1) is 0 Å². The fraction of sp³-hybridized carbons (Fsp3) is 0.111. The summed E-state index contributed by atoms with van der Waals surface area (Å²) in [5, 5.41) is 24.7. The van der Waals surface area contributed by atoms with Gasteiger partial charge in [-0.1, -0.05) is 30.8 Å². The number of hydrogen-bond donors (Lipinski definition) is 3. The van der Waals surface area contributed by atoms with Crippen molar-refractivity contribution in [2.75, 3.05) is 5.32 Å². The minimum absolute atomic E-state index is 0.0983. The van der Waals surface area contributed by atoms with E-state index in [4.69, 9.17) is 4.42 Å². The van der Waals surface area contributed by atoms with Gasteiger partial charge in [-0.15, -0.1) is 0 Å². The van der Waals surface area contributed by atoms with Gasteiger partial charge in [-0.25, -0.2) is 4.98 Å². The van der Waals surface area contributed by atoms with E-state index < -0.39 is 0 Å². The van der Waals surface area contributed by atoms with Crippen LogP contribution in [0.1, 0.15) is 18.5 Å². The first-order chi connectivity index (χ1) is 16.4. The lowest BCUT2D eigenvalue weighted by molar-refractivity contribution is 0.376. The maximum absolute atomic E-state index is 13.3. The number of phenols is 1. The first-order valence-electron chi connectivity index (χ1n) is 10.8. The Hall–Kier alpha value is -4.52. The van der Waals surface area contributed by atoms with Crippen LogP contribution < -0.4 is 10.9 Å². The fourth-order valence-electron chi connectivity index (χ4n) is 4.09. The highest BCUT2D eigenvalue weighted by Gasteiger charge is 2.16. The molecule has 2 heterocycles. The quantitative estimate of drug-likeness (QED) is 0.283. The smallest absolute Gasteiger partial charge is 0.277 e. The number of aliphatic hydroxyl groups excluding tert-OH is 1. The van der Waals surface area contributed by atoms with E-state index in [0.29, 0.717) is 17.1 Å². The maximum Gasteiger partial charge on any atom is 0.277 e. The van der Waals surface area contributed by atoms with Crippen LogP contribution >= 0.6 is 0 Å². The van der Waals surface area contributed by atoms with Gasteiger partial charge in [0.05, 0.1) is 12.7 Å². The number of benzene rings is 3. The molecule has 7 nitrogen and oxygen atoms in total. The lowest BCUT2D eigenvalue weighted by Crippen LogP contribution is -2.27. The molecule has 5 rings (SSSR count). The standard InChI is InChI=1S/C27H23N3O4/c1-16(31)15-30-26(18-7-10-20(32)11-8-18)28-14-23(27(30)33)29-17(2)19-9-12-25-22(13-19)21-5-3-4-6-24(21)34-25/h3-14,17,29,31-32H,1,15H2,2H3/t17-/m1/s1. The molecule has 0 aliphatic rings. The molecule has 0 aliphatic carbocycles. The lowest BCUT2D eigenvalue weighted by Gasteiger charge is -2.18. The van der Waals surface area contributed by atoms with Gasteiger partial charge < -0.3 is 19.9 Å². The van der Waals surface area contributed by atoms with Gasteiger partial charge in [0, 0.05) is 22.4 Å². The number of phenolic OH excluding ortho intramolecular Hbond substituents is 1. The molecule has 0 bridgehead atoms. The third-order valence-corrected chi connectivity index (χ3v) is 5.79. The summed E-state index contributed by atoms with van der Waals surface area (Å²) >= 11 is 0. The van der Waals surface area contributed by atoms with Crippen molar-refractivity contribution in [2.45, 2.75) is 19.5 Å². The monoisotopic (exact) mass is 453 g/mol. The molecule has 0 saturated heterocycles. The van der Waals surface area contributed by atoms with Gasteiger partial charge in [0.1, 0.15) is 34.2 Å². The van der Waals surface area contributed by atoms with Crippen LogP contribution in [0.15, 0.2) is 94.5 Å². The van der Waals surface area contributed by atoms with Gasteiger partial charge in [-0.05, 0) is 55.0 Å². The maximum atomic E-state index is 13.3. The summed E-state index contributed by atoms with van der Waals surface area (Å²) in [6.45, 7) is 5.39. The molecule has 0 amide bonds. The molecule has 3 N–H and O–H groups in total. The summed E-state index contributed by atoms with van der Waals surface area (Å²) in [5.41, 5.74) is 3.22. The van der Waals surface area contributed by atoms with Crippen molar-refractivity contribution in [2.24, 2.45) is 0 Å². The van der Waals surface area contributed by atoms with E-state index in [-0.39, 0.29) is 29.7 Å². The molecule has 7 heteroatoms. The van der Waals surface area contributed by atoms with Crippen LogP contribution in [0.2, 0.25) is 0 Å². The Balaban J connectivity index is 1.51. The molecule has 5 aromatic rings. The zero-order valence-electron chi connectivity index (χ0n) is 18.5. The topological polar surface area (TPSA) is 101 Å². The number of aromatic nitrogens is 2. The van der Waals surface area contributed by atoms with E-state index in [1.807, 2.05) is 43.3 Å². The number of rotatable bonds is 6. The van der Waals surface area contributed by atoms with Gasteiger partial charge in [0.25, 0.3) is 5.56 Å². The number of nitrogens with one attached hydrogen (secondary N) is 1. The largest absolute Gasteiger partial charge is 0.511 e. The molecular weight excluding hydrogens is 430 g/mol. The Kier molecular flexibility index (Phi) is 5.30. The van der Waals surface area contributed by atoms with Crippen molar-refractivity contribution < 1.29 is 14.6 Å². The zero-order chi connectivity index (χ0) is 23.8. The first-order valence-corrected chi connectivity index (χ1v) is 10.8. The highest BCUT2D eigenvalue weighted by atomic mass is 16.3. The summed E-state index contributed by atoms with van der Waals surface area (Å²) in [4.78, 5) is 17.8. The normalized spacial score (nSPS) is 12.1. The molecule has 34 heavy (non-hydrogen) atoms. The Morgan fingerprint density at radius 3 is 2.59 bits per heavy atom. The second kappa shape index (κ2) is 8.44.